The predicted molar refractivity (Wildman–Crippen MR) is 125 cm³/mol. The van der Waals surface area contributed by atoms with Crippen molar-refractivity contribution in [3.8, 4) is 5.75 Å². The Morgan fingerprint density at radius 3 is 3.03 bits per heavy atom. The first-order valence-corrected chi connectivity index (χ1v) is 11.8. The Hall–Kier alpha value is -2.61. The van der Waals surface area contributed by atoms with Crippen molar-refractivity contribution in [2.75, 3.05) is 49.8 Å². The van der Waals surface area contributed by atoms with Crippen LogP contribution >= 0.6 is 11.3 Å². The molecule has 2 aliphatic rings. The van der Waals surface area contributed by atoms with Gasteiger partial charge in [-0.2, -0.15) is 0 Å². The van der Waals surface area contributed by atoms with Crippen LogP contribution in [0.4, 0.5) is 11.4 Å². The van der Waals surface area contributed by atoms with E-state index in [9.17, 15) is 4.79 Å². The van der Waals surface area contributed by atoms with Gasteiger partial charge in [0.1, 0.15) is 5.75 Å². The number of amides is 1. The first-order chi connectivity index (χ1) is 15.3. The van der Waals surface area contributed by atoms with Gasteiger partial charge >= 0.3 is 0 Å². The number of carbonyl (C=O) groups is 1. The van der Waals surface area contributed by atoms with Gasteiger partial charge in [0.05, 0.1) is 31.9 Å². The Morgan fingerprint density at radius 1 is 1.10 bits per heavy atom. The van der Waals surface area contributed by atoms with E-state index in [0.29, 0.717) is 19.6 Å². The topological polar surface area (TPSA) is 54.0 Å². The molecule has 0 radical (unpaired) electrons. The monoisotopic (exact) mass is 437 g/mol. The molecule has 162 valence electrons. The molecule has 1 N–H and O–H groups in total. The minimum Gasteiger partial charge on any atom is -0.494 e. The Bertz CT molecular complexity index is 1070. The van der Waals surface area contributed by atoms with Crippen LogP contribution in [0.25, 0.3) is 10.1 Å². The highest BCUT2D eigenvalue weighted by Crippen LogP contribution is 2.31. The van der Waals surface area contributed by atoms with Crippen molar-refractivity contribution in [1.29, 1.82) is 0 Å². The lowest BCUT2D eigenvalue weighted by Gasteiger charge is -2.22. The number of hydrogen-bond acceptors (Lipinski definition) is 6. The van der Waals surface area contributed by atoms with Crippen molar-refractivity contribution in [1.82, 2.24) is 4.90 Å². The van der Waals surface area contributed by atoms with Crippen molar-refractivity contribution in [3.63, 3.8) is 0 Å². The molecule has 1 amide bonds. The summed E-state index contributed by atoms with van der Waals surface area (Å²) in [6.07, 6.45) is 2.55. The Kier molecular flexibility index (Phi) is 6.06. The number of ether oxygens (including phenoxy) is 1. The van der Waals surface area contributed by atoms with Crippen LogP contribution in [0, 0.1) is 0 Å². The Morgan fingerprint density at radius 2 is 2.06 bits per heavy atom. The second-order valence-corrected chi connectivity index (χ2v) is 8.93. The number of benzene rings is 2. The smallest absolute Gasteiger partial charge is 0.228 e. The van der Waals surface area contributed by atoms with E-state index in [1.807, 2.05) is 18.2 Å². The molecular formula is C24H27N3O3S. The van der Waals surface area contributed by atoms with Crippen LogP contribution in [0.2, 0.25) is 0 Å². The number of hydroxylamine groups is 1. The third kappa shape index (κ3) is 4.69. The summed E-state index contributed by atoms with van der Waals surface area (Å²) in [4.78, 5) is 20.0. The highest BCUT2D eigenvalue weighted by atomic mass is 32.1. The maximum Gasteiger partial charge on any atom is 0.228 e. The fraction of sp³-hybridized carbons (Fsp3) is 0.375. The molecule has 3 heterocycles. The number of unbranched alkanes of at least 4 members (excludes halogenated alkanes) is 1. The van der Waals surface area contributed by atoms with Crippen LogP contribution < -0.4 is 15.1 Å². The summed E-state index contributed by atoms with van der Waals surface area (Å²) in [5.41, 5.74) is 3.10. The van der Waals surface area contributed by atoms with Gasteiger partial charge in [0.2, 0.25) is 5.91 Å². The molecule has 0 unspecified atom stereocenters. The molecule has 0 atom stereocenters. The van der Waals surface area contributed by atoms with Crippen LogP contribution in [0.3, 0.4) is 0 Å². The molecule has 1 saturated heterocycles. The highest BCUT2D eigenvalue weighted by molar-refractivity contribution is 7.17. The van der Waals surface area contributed by atoms with E-state index in [1.54, 1.807) is 11.3 Å². The van der Waals surface area contributed by atoms with Crippen LogP contribution in [-0.2, 0) is 16.1 Å². The molecular weight excluding hydrogens is 410 g/mol. The van der Waals surface area contributed by atoms with Gasteiger partial charge in [-0.05, 0) is 54.6 Å². The Balaban J connectivity index is 1.06. The summed E-state index contributed by atoms with van der Waals surface area (Å²) in [5, 5.41) is 8.34. The SMILES string of the molecule is O=C1Cc2ccc(OCCCCN3CCON(c4cccc5sccc45)CC3)cc2N1. The summed E-state index contributed by atoms with van der Waals surface area (Å²) in [7, 11) is 0. The molecule has 0 saturated carbocycles. The van der Waals surface area contributed by atoms with Crippen LogP contribution in [0.5, 0.6) is 5.75 Å². The van der Waals surface area contributed by atoms with Gasteiger partial charge in [-0.15, -0.1) is 11.3 Å². The van der Waals surface area contributed by atoms with Gasteiger partial charge in [-0.1, -0.05) is 12.1 Å². The summed E-state index contributed by atoms with van der Waals surface area (Å²) in [6, 6.07) is 14.4. The molecule has 0 spiro atoms. The zero-order valence-electron chi connectivity index (χ0n) is 17.5. The van der Waals surface area contributed by atoms with Gasteiger partial charge in [0.15, 0.2) is 0 Å². The number of carbonyl (C=O) groups excluding carboxylic acids is 1. The summed E-state index contributed by atoms with van der Waals surface area (Å²) in [5.74, 6) is 0.876. The van der Waals surface area contributed by atoms with Gasteiger partial charge in [0, 0.05) is 34.9 Å². The van der Waals surface area contributed by atoms with E-state index in [2.05, 4.69) is 44.9 Å². The molecule has 3 aromatic rings. The molecule has 2 aliphatic heterocycles. The first kappa shape index (κ1) is 20.3. The maximum absolute atomic E-state index is 11.5. The van der Waals surface area contributed by atoms with Crippen molar-refractivity contribution in [3.05, 3.63) is 53.4 Å². The van der Waals surface area contributed by atoms with E-state index in [-0.39, 0.29) is 5.91 Å². The van der Waals surface area contributed by atoms with Crippen LogP contribution in [-0.4, -0.2) is 50.2 Å². The normalized spacial score (nSPS) is 16.9. The summed E-state index contributed by atoms with van der Waals surface area (Å²) in [6.45, 7) is 5.24. The quantitative estimate of drug-likeness (QED) is 0.559. The van der Waals surface area contributed by atoms with E-state index in [0.717, 1.165) is 56.0 Å². The minimum absolute atomic E-state index is 0.0548. The molecule has 7 heteroatoms. The van der Waals surface area contributed by atoms with Gasteiger partial charge in [-0.3, -0.25) is 19.6 Å². The number of hydrogen-bond donors (Lipinski definition) is 1. The maximum atomic E-state index is 11.5. The average Bonchev–Trinajstić information content (AvgIpc) is 3.33. The predicted octanol–water partition coefficient (Wildman–Crippen LogP) is 4.31. The molecule has 6 nitrogen and oxygen atoms in total. The molecule has 1 aromatic heterocycles. The van der Waals surface area contributed by atoms with Crippen molar-refractivity contribution >= 4 is 38.7 Å². The zero-order valence-corrected chi connectivity index (χ0v) is 18.3. The van der Waals surface area contributed by atoms with E-state index in [4.69, 9.17) is 9.57 Å². The van der Waals surface area contributed by atoms with Crippen molar-refractivity contribution < 1.29 is 14.4 Å². The first-order valence-electron chi connectivity index (χ1n) is 10.9. The summed E-state index contributed by atoms with van der Waals surface area (Å²) < 4.78 is 7.19. The third-order valence-electron chi connectivity index (χ3n) is 5.86. The molecule has 0 bridgehead atoms. The van der Waals surface area contributed by atoms with Crippen LogP contribution in [0.15, 0.2) is 47.8 Å². The lowest BCUT2D eigenvalue weighted by Crippen LogP contribution is -2.31. The second-order valence-electron chi connectivity index (χ2n) is 7.99. The van der Waals surface area contributed by atoms with Gasteiger partial charge < -0.3 is 10.1 Å². The van der Waals surface area contributed by atoms with E-state index >= 15 is 0 Å². The number of fused-ring (bicyclic) bond motifs is 2. The fourth-order valence-corrected chi connectivity index (χ4v) is 5.02. The van der Waals surface area contributed by atoms with Gasteiger partial charge in [-0.25, -0.2) is 0 Å². The number of anilines is 2. The Labute approximate surface area is 186 Å². The average molecular weight is 438 g/mol. The number of nitrogens with one attached hydrogen (secondary N) is 1. The van der Waals surface area contributed by atoms with E-state index in [1.165, 1.54) is 15.8 Å². The fourth-order valence-electron chi connectivity index (χ4n) is 4.21. The number of nitrogens with zero attached hydrogens (tertiary/aromatic N) is 2. The lowest BCUT2D eigenvalue weighted by atomic mass is 10.1. The van der Waals surface area contributed by atoms with Crippen LogP contribution in [0.1, 0.15) is 18.4 Å². The molecule has 2 aromatic carbocycles. The molecule has 1 fully saturated rings. The molecule has 31 heavy (non-hydrogen) atoms. The third-order valence-corrected chi connectivity index (χ3v) is 6.74. The second kappa shape index (κ2) is 9.26. The largest absolute Gasteiger partial charge is 0.494 e. The highest BCUT2D eigenvalue weighted by Gasteiger charge is 2.19. The van der Waals surface area contributed by atoms with Crippen molar-refractivity contribution in [2.24, 2.45) is 0 Å². The number of rotatable bonds is 7. The molecule has 0 aliphatic carbocycles. The zero-order chi connectivity index (χ0) is 21.0. The molecule has 5 rings (SSSR count). The summed E-state index contributed by atoms with van der Waals surface area (Å²) >= 11 is 1.77. The lowest BCUT2D eigenvalue weighted by molar-refractivity contribution is -0.115. The van der Waals surface area contributed by atoms with Gasteiger partial charge in [0.25, 0.3) is 0 Å². The van der Waals surface area contributed by atoms with E-state index < -0.39 is 0 Å². The minimum atomic E-state index is 0.0548. The standard InChI is InChI=1S/C24H27N3O3S/c28-24-16-18-6-7-19(17-21(18)25-24)29-13-2-1-9-26-10-11-27(30-14-12-26)22-4-3-5-23-20(22)8-15-31-23/h3-8,15,17H,1-2,9-14,16H2,(H,25,28). The van der Waals surface area contributed by atoms with Crippen molar-refractivity contribution in [2.45, 2.75) is 19.3 Å². The number of thiophene rings is 1.